The predicted molar refractivity (Wildman–Crippen MR) is 75.0 cm³/mol. The minimum absolute atomic E-state index is 0.0407. The molecule has 0 aliphatic heterocycles. The molecule has 0 heterocycles. The van der Waals surface area contributed by atoms with Crippen LogP contribution in [0.2, 0.25) is 0 Å². The van der Waals surface area contributed by atoms with Crippen molar-refractivity contribution in [3.05, 3.63) is 40.4 Å². The third-order valence-corrected chi connectivity index (χ3v) is 3.20. The van der Waals surface area contributed by atoms with Crippen molar-refractivity contribution in [1.82, 2.24) is 5.32 Å². The van der Waals surface area contributed by atoms with Gasteiger partial charge in [-0.2, -0.15) is 0 Å². The molecular weight excluding hydrogens is 294 g/mol. The maximum atomic E-state index is 11.5. The number of fused-ring (bicyclic) bond motifs is 1. The van der Waals surface area contributed by atoms with Crippen LogP contribution in [-0.4, -0.2) is 19.1 Å². The molecular formula is C14H16BrNO2. The van der Waals surface area contributed by atoms with Crippen molar-refractivity contribution in [2.75, 3.05) is 13.2 Å². The van der Waals surface area contributed by atoms with E-state index in [1.807, 2.05) is 12.1 Å². The van der Waals surface area contributed by atoms with Gasteiger partial charge in [0.15, 0.2) is 6.61 Å². The van der Waals surface area contributed by atoms with Crippen molar-refractivity contribution in [1.29, 1.82) is 0 Å². The van der Waals surface area contributed by atoms with Crippen LogP contribution in [0.1, 0.15) is 17.5 Å². The van der Waals surface area contributed by atoms with Gasteiger partial charge in [0.05, 0.1) is 0 Å². The molecule has 1 aliphatic carbocycles. The molecule has 1 aromatic carbocycles. The lowest BCUT2D eigenvalue weighted by Gasteiger charge is -2.08. The number of ether oxygens (including phenoxy) is 1. The number of amides is 1. The number of carbonyl (C=O) groups is 1. The number of nitrogens with one attached hydrogen (secondary N) is 1. The topological polar surface area (TPSA) is 38.3 Å². The minimum atomic E-state index is -0.143. The Hall–Kier alpha value is -1.29. The van der Waals surface area contributed by atoms with Crippen molar-refractivity contribution in [3.63, 3.8) is 0 Å². The van der Waals surface area contributed by atoms with E-state index in [2.05, 4.69) is 33.9 Å². The molecule has 1 aromatic rings. The van der Waals surface area contributed by atoms with Crippen LogP contribution in [-0.2, 0) is 17.6 Å². The summed E-state index contributed by atoms with van der Waals surface area (Å²) in [5.41, 5.74) is 2.75. The molecule has 0 saturated carbocycles. The number of halogens is 1. The molecule has 0 aromatic heterocycles. The Bertz CT molecular complexity index is 471. The third-order valence-electron chi connectivity index (χ3n) is 2.92. The highest BCUT2D eigenvalue weighted by molar-refractivity contribution is 9.11. The molecule has 4 heteroatoms. The lowest BCUT2D eigenvalue weighted by molar-refractivity contribution is -0.122. The fourth-order valence-electron chi connectivity index (χ4n) is 2.03. The van der Waals surface area contributed by atoms with Gasteiger partial charge in [-0.15, -0.1) is 0 Å². The molecule has 0 radical (unpaired) electrons. The monoisotopic (exact) mass is 309 g/mol. The van der Waals surface area contributed by atoms with E-state index in [9.17, 15) is 4.79 Å². The van der Waals surface area contributed by atoms with Crippen molar-refractivity contribution >= 4 is 21.8 Å². The Balaban J connectivity index is 1.83. The molecule has 3 nitrogen and oxygen atoms in total. The van der Waals surface area contributed by atoms with Gasteiger partial charge in [-0.3, -0.25) is 4.79 Å². The van der Waals surface area contributed by atoms with Crippen molar-refractivity contribution in [3.8, 4) is 5.75 Å². The summed E-state index contributed by atoms with van der Waals surface area (Å²) in [6, 6.07) is 6.07. The average molecular weight is 310 g/mol. The summed E-state index contributed by atoms with van der Waals surface area (Å²) >= 11 is 3.18. The van der Waals surface area contributed by atoms with Gasteiger partial charge in [-0.1, -0.05) is 28.6 Å². The second-order valence-corrected chi connectivity index (χ2v) is 5.49. The summed E-state index contributed by atoms with van der Waals surface area (Å²) in [5, 5.41) is 2.69. The summed E-state index contributed by atoms with van der Waals surface area (Å²) in [7, 11) is 0. The van der Waals surface area contributed by atoms with E-state index in [1.165, 1.54) is 17.5 Å². The Morgan fingerprint density at radius 3 is 2.94 bits per heavy atom. The van der Waals surface area contributed by atoms with Gasteiger partial charge in [0, 0.05) is 11.0 Å². The summed E-state index contributed by atoms with van der Waals surface area (Å²) in [4.78, 5) is 11.5. The van der Waals surface area contributed by atoms with E-state index < -0.39 is 0 Å². The quantitative estimate of drug-likeness (QED) is 0.908. The van der Waals surface area contributed by atoms with Crippen molar-refractivity contribution in [2.45, 2.75) is 19.3 Å². The molecule has 0 saturated heterocycles. The number of rotatable bonds is 5. The van der Waals surface area contributed by atoms with E-state index in [0.29, 0.717) is 6.54 Å². The maximum absolute atomic E-state index is 11.5. The minimum Gasteiger partial charge on any atom is -0.484 e. The van der Waals surface area contributed by atoms with E-state index in [4.69, 9.17) is 4.74 Å². The first-order valence-electron chi connectivity index (χ1n) is 6.00. The summed E-state index contributed by atoms with van der Waals surface area (Å²) in [6.07, 6.45) is 3.48. The van der Waals surface area contributed by atoms with Crippen LogP contribution in [0.4, 0.5) is 0 Å². The number of carbonyl (C=O) groups excluding carboxylic acids is 1. The molecule has 1 amide bonds. The van der Waals surface area contributed by atoms with Crippen LogP contribution < -0.4 is 10.1 Å². The highest BCUT2D eigenvalue weighted by Crippen LogP contribution is 2.25. The van der Waals surface area contributed by atoms with Crippen LogP contribution in [0.3, 0.4) is 0 Å². The second kappa shape index (κ2) is 6.05. The van der Waals surface area contributed by atoms with E-state index in [1.54, 1.807) is 0 Å². The van der Waals surface area contributed by atoms with Gasteiger partial charge < -0.3 is 10.1 Å². The maximum Gasteiger partial charge on any atom is 0.258 e. The first kappa shape index (κ1) is 13.1. The molecule has 2 rings (SSSR count). The van der Waals surface area contributed by atoms with E-state index >= 15 is 0 Å². The number of hydrogen-bond donors (Lipinski definition) is 1. The highest BCUT2D eigenvalue weighted by atomic mass is 79.9. The molecule has 0 spiro atoms. The van der Waals surface area contributed by atoms with Crippen LogP contribution >= 0.6 is 15.9 Å². The first-order chi connectivity index (χ1) is 8.65. The normalized spacial score (nSPS) is 12.9. The van der Waals surface area contributed by atoms with Crippen LogP contribution in [0.15, 0.2) is 29.3 Å². The smallest absolute Gasteiger partial charge is 0.258 e. The van der Waals surface area contributed by atoms with Crippen molar-refractivity contribution < 1.29 is 9.53 Å². The van der Waals surface area contributed by atoms with Gasteiger partial charge in [0.2, 0.25) is 0 Å². The van der Waals surface area contributed by atoms with Crippen LogP contribution in [0.25, 0.3) is 0 Å². The third kappa shape index (κ3) is 3.60. The molecule has 1 aliphatic rings. The molecule has 0 atom stereocenters. The zero-order chi connectivity index (χ0) is 13.0. The number of benzene rings is 1. The Morgan fingerprint density at radius 1 is 1.39 bits per heavy atom. The lowest BCUT2D eigenvalue weighted by atomic mass is 10.1. The summed E-state index contributed by atoms with van der Waals surface area (Å²) in [5.74, 6) is 0.625. The fraction of sp³-hybridized carbons (Fsp3) is 0.357. The fourth-order valence-corrected chi connectivity index (χ4v) is 2.17. The van der Waals surface area contributed by atoms with Gasteiger partial charge in [-0.25, -0.2) is 0 Å². The molecule has 0 bridgehead atoms. The number of hydrogen-bond acceptors (Lipinski definition) is 2. The van der Waals surface area contributed by atoms with Crippen molar-refractivity contribution in [2.24, 2.45) is 0 Å². The molecule has 1 N–H and O–H groups in total. The highest BCUT2D eigenvalue weighted by Gasteiger charge is 2.11. The lowest BCUT2D eigenvalue weighted by Crippen LogP contribution is -2.29. The van der Waals surface area contributed by atoms with E-state index in [-0.39, 0.29) is 12.5 Å². The predicted octanol–water partition coefficient (Wildman–Crippen LogP) is 2.58. The van der Waals surface area contributed by atoms with Crippen LogP contribution in [0, 0.1) is 0 Å². The van der Waals surface area contributed by atoms with Gasteiger partial charge >= 0.3 is 0 Å². The van der Waals surface area contributed by atoms with Gasteiger partial charge in [-0.05, 0) is 42.5 Å². The zero-order valence-corrected chi connectivity index (χ0v) is 11.8. The van der Waals surface area contributed by atoms with E-state index in [0.717, 1.165) is 23.1 Å². The molecule has 96 valence electrons. The van der Waals surface area contributed by atoms with Gasteiger partial charge in [0.25, 0.3) is 5.91 Å². The average Bonchev–Trinajstić information content (AvgIpc) is 2.81. The summed E-state index contributed by atoms with van der Waals surface area (Å²) in [6.45, 7) is 4.11. The molecule has 18 heavy (non-hydrogen) atoms. The van der Waals surface area contributed by atoms with Crippen LogP contribution in [0.5, 0.6) is 5.75 Å². The van der Waals surface area contributed by atoms with Gasteiger partial charge in [0.1, 0.15) is 5.75 Å². The summed E-state index contributed by atoms with van der Waals surface area (Å²) < 4.78 is 6.21. The second-order valence-electron chi connectivity index (χ2n) is 4.37. The Morgan fingerprint density at radius 2 is 2.17 bits per heavy atom. The zero-order valence-electron chi connectivity index (χ0n) is 10.2. The first-order valence-corrected chi connectivity index (χ1v) is 6.79. The number of aryl methyl sites for hydroxylation is 2. The largest absolute Gasteiger partial charge is 0.484 e. The molecule has 0 unspecified atom stereocenters. The standard InChI is InChI=1S/C14H16BrNO2/c1-10(15)8-16-14(17)9-18-13-6-5-11-3-2-4-12(11)7-13/h5-7H,1-4,8-9H2,(H,16,17). The Kier molecular flexibility index (Phi) is 4.42. The Labute approximate surface area is 115 Å². The SMILES string of the molecule is C=C(Br)CNC(=O)COc1ccc2c(c1)CCC2. The molecule has 0 fully saturated rings.